The quantitative estimate of drug-likeness (QED) is 0.416. The lowest BCUT2D eigenvalue weighted by atomic mass is 10.2. The zero-order valence-electron chi connectivity index (χ0n) is 19.2. The molecule has 0 radical (unpaired) electrons. The number of halogens is 3. The molecule has 1 aromatic heterocycles. The standard InChI is InChI=1S/C25H26F3N5O2/c1-2-12-32(14-22(34)29-19-11-10-18(26)24(27)25(19)28)15-23(35)30-21-13-20(16-8-9-16)31-33(21)17-6-4-3-5-7-17/h3-7,10-11,13,16H,2,8-9,12,14-15H2,1H3,(H,29,34)(H,30,35). The molecule has 0 unspecified atom stereocenters. The molecule has 1 aliphatic carbocycles. The van der Waals surface area contributed by atoms with Crippen molar-refractivity contribution in [3.63, 3.8) is 0 Å². The summed E-state index contributed by atoms with van der Waals surface area (Å²) >= 11 is 0. The SMILES string of the molecule is CCCN(CC(=O)Nc1ccc(F)c(F)c1F)CC(=O)Nc1cc(C2CC2)nn1-c1ccccc1. The van der Waals surface area contributed by atoms with Gasteiger partial charge in [0.25, 0.3) is 0 Å². The van der Waals surface area contributed by atoms with Crippen LogP contribution in [0.3, 0.4) is 0 Å². The minimum atomic E-state index is -1.66. The maximum Gasteiger partial charge on any atom is 0.239 e. The molecule has 7 nitrogen and oxygen atoms in total. The van der Waals surface area contributed by atoms with Gasteiger partial charge in [0.2, 0.25) is 11.8 Å². The van der Waals surface area contributed by atoms with Gasteiger partial charge in [-0.2, -0.15) is 5.10 Å². The summed E-state index contributed by atoms with van der Waals surface area (Å²) in [5, 5.41) is 9.78. The van der Waals surface area contributed by atoms with Gasteiger partial charge in [0, 0.05) is 12.0 Å². The van der Waals surface area contributed by atoms with E-state index in [1.54, 1.807) is 9.58 Å². The number of hydrogen-bond donors (Lipinski definition) is 2. The zero-order chi connectivity index (χ0) is 24.9. The van der Waals surface area contributed by atoms with Crippen molar-refractivity contribution in [2.45, 2.75) is 32.1 Å². The fourth-order valence-corrected chi connectivity index (χ4v) is 3.76. The molecule has 184 valence electrons. The van der Waals surface area contributed by atoms with E-state index in [0.717, 1.165) is 36.4 Å². The molecule has 0 spiro atoms. The van der Waals surface area contributed by atoms with Crippen molar-refractivity contribution in [2.24, 2.45) is 0 Å². The van der Waals surface area contributed by atoms with E-state index in [-0.39, 0.29) is 19.0 Å². The van der Waals surface area contributed by atoms with Crippen molar-refractivity contribution < 1.29 is 22.8 Å². The van der Waals surface area contributed by atoms with Crippen molar-refractivity contribution in [1.82, 2.24) is 14.7 Å². The van der Waals surface area contributed by atoms with Crippen LogP contribution in [0.1, 0.15) is 37.8 Å². The molecule has 0 saturated heterocycles. The van der Waals surface area contributed by atoms with Crippen molar-refractivity contribution in [3.8, 4) is 5.69 Å². The van der Waals surface area contributed by atoms with Crippen LogP contribution in [0.15, 0.2) is 48.5 Å². The van der Waals surface area contributed by atoms with Crippen LogP contribution < -0.4 is 10.6 Å². The van der Waals surface area contributed by atoms with E-state index in [1.807, 2.05) is 43.3 Å². The van der Waals surface area contributed by atoms with Gasteiger partial charge >= 0.3 is 0 Å². The summed E-state index contributed by atoms with van der Waals surface area (Å²) in [7, 11) is 0. The number of nitrogens with zero attached hydrogens (tertiary/aromatic N) is 3. The number of benzene rings is 2. The minimum absolute atomic E-state index is 0.0970. The Balaban J connectivity index is 1.42. The van der Waals surface area contributed by atoms with Crippen LogP contribution in [0.5, 0.6) is 0 Å². The summed E-state index contributed by atoms with van der Waals surface area (Å²) in [5.74, 6) is -4.54. The molecule has 10 heteroatoms. The molecular formula is C25H26F3N5O2. The number of nitrogens with one attached hydrogen (secondary N) is 2. The first-order chi connectivity index (χ1) is 16.9. The second-order valence-corrected chi connectivity index (χ2v) is 8.51. The smallest absolute Gasteiger partial charge is 0.239 e. The Morgan fingerprint density at radius 2 is 1.69 bits per heavy atom. The summed E-state index contributed by atoms with van der Waals surface area (Å²) in [5.41, 5.74) is 1.27. The number of amides is 2. The highest BCUT2D eigenvalue weighted by atomic mass is 19.2. The molecular weight excluding hydrogens is 459 g/mol. The average molecular weight is 486 g/mol. The van der Waals surface area contributed by atoms with Gasteiger partial charge in [-0.1, -0.05) is 25.1 Å². The Bertz CT molecular complexity index is 1210. The largest absolute Gasteiger partial charge is 0.322 e. The molecule has 2 amide bonds. The molecule has 2 aromatic carbocycles. The van der Waals surface area contributed by atoms with Gasteiger partial charge in [-0.3, -0.25) is 14.5 Å². The number of carbonyl (C=O) groups is 2. The number of hydrogen-bond acceptors (Lipinski definition) is 4. The Morgan fingerprint density at radius 1 is 1.00 bits per heavy atom. The number of para-hydroxylation sites is 1. The third-order valence-corrected chi connectivity index (χ3v) is 5.58. The lowest BCUT2D eigenvalue weighted by Crippen LogP contribution is -2.39. The van der Waals surface area contributed by atoms with Gasteiger partial charge in [0.1, 0.15) is 5.82 Å². The van der Waals surface area contributed by atoms with Gasteiger partial charge in [-0.05, 0) is 50.1 Å². The Morgan fingerprint density at radius 3 is 2.34 bits per heavy atom. The summed E-state index contributed by atoms with van der Waals surface area (Å²) in [6.45, 7) is 1.99. The van der Waals surface area contributed by atoms with E-state index < -0.39 is 29.0 Å². The van der Waals surface area contributed by atoms with Crippen LogP contribution in [-0.4, -0.2) is 46.1 Å². The molecule has 3 aromatic rings. The molecule has 0 aliphatic heterocycles. The van der Waals surface area contributed by atoms with Crippen molar-refractivity contribution in [2.75, 3.05) is 30.3 Å². The van der Waals surface area contributed by atoms with Crippen LogP contribution in [0.25, 0.3) is 5.69 Å². The Kier molecular flexibility index (Phi) is 7.50. The number of rotatable bonds is 10. The molecule has 0 atom stereocenters. The van der Waals surface area contributed by atoms with Crippen LogP contribution >= 0.6 is 0 Å². The lowest BCUT2D eigenvalue weighted by Gasteiger charge is -2.21. The normalized spacial score (nSPS) is 13.2. The second kappa shape index (κ2) is 10.7. The average Bonchev–Trinajstić information content (AvgIpc) is 3.60. The van der Waals surface area contributed by atoms with Crippen molar-refractivity contribution in [1.29, 1.82) is 0 Å². The van der Waals surface area contributed by atoms with Gasteiger partial charge in [0.15, 0.2) is 17.5 Å². The fourth-order valence-electron chi connectivity index (χ4n) is 3.76. The molecule has 1 heterocycles. The third-order valence-electron chi connectivity index (χ3n) is 5.58. The van der Waals surface area contributed by atoms with Crippen LogP contribution in [0.4, 0.5) is 24.7 Å². The highest BCUT2D eigenvalue weighted by Crippen LogP contribution is 2.40. The predicted octanol–water partition coefficient (Wildman–Crippen LogP) is 4.46. The number of carbonyl (C=O) groups excluding carboxylic acids is 2. The van der Waals surface area contributed by atoms with Gasteiger partial charge in [-0.25, -0.2) is 17.9 Å². The highest BCUT2D eigenvalue weighted by molar-refractivity contribution is 5.94. The van der Waals surface area contributed by atoms with Crippen LogP contribution in [0.2, 0.25) is 0 Å². The topological polar surface area (TPSA) is 79.3 Å². The number of anilines is 2. The second-order valence-electron chi connectivity index (χ2n) is 8.51. The summed E-state index contributed by atoms with van der Waals surface area (Å²) in [6.07, 6.45) is 2.79. The van der Waals surface area contributed by atoms with E-state index in [4.69, 9.17) is 0 Å². The zero-order valence-corrected chi connectivity index (χ0v) is 19.2. The Hall–Kier alpha value is -3.66. The third kappa shape index (κ3) is 6.07. The molecule has 4 rings (SSSR count). The minimum Gasteiger partial charge on any atom is -0.322 e. The summed E-state index contributed by atoms with van der Waals surface area (Å²) in [4.78, 5) is 26.9. The van der Waals surface area contributed by atoms with Gasteiger partial charge < -0.3 is 10.6 Å². The van der Waals surface area contributed by atoms with E-state index in [2.05, 4.69) is 15.7 Å². The summed E-state index contributed by atoms with van der Waals surface area (Å²) < 4.78 is 42.1. The molecule has 1 aliphatic rings. The first-order valence-electron chi connectivity index (χ1n) is 11.5. The summed E-state index contributed by atoms with van der Waals surface area (Å²) in [6, 6.07) is 13.0. The monoisotopic (exact) mass is 485 g/mol. The maximum absolute atomic E-state index is 13.9. The molecule has 1 fully saturated rings. The Labute approximate surface area is 200 Å². The van der Waals surface area contributed by atoms with Gasteiger partial charge in [-0.15, -0.1) is 0 Å². The van der Waals surface area contributed by atoms with Crippen LogP contribution in [0, 0.1) is 17.5 Å². The fraction of sp³-hybridized carbons (Fsp3) is 0.320. The first-order valence-corrected chi connectivity index (χ1v) is 11.5. The predicted molar refractivity (Wildman–Crippen MR) is 126 cm³/mol. The first kappa shape index (κ1) is 24.5. The van der Waals surface area contributed by atoms with E-state index >= 15 is 0 Å². The highest BCUT2D eigenvalue weighted by Gasteiger charge is 2.28. The van der Waals surface area contributed by atoms with E-state index in [0.29, 0.717) is 24.7 Å². The van der Waals surface area contributed by atoms with Crippen LogP contribution in [-0.2, 0) is 9.59 Å². The van der Waals surface area contributed by atoms with Crippen molar-refractivity contribution in [3.05, 3.63) is 71.7 Å². The molecule has 35 heavy (non-hydrogen) atoms. The number of aromatic nitrogens is 2. The lowest BCUT2D eigenvalue weighted by molar-refractivity contribution is -0.120. The molecule has 2 N–H and O–H groups in total. The van der Waals surface area contributed by atoms with Crippen molar-refractivity contribution >= 4 is 23.3 Å². The molecule has 0 bridgehead atoms. The van der Waals surface area contributed by atoms with E-state index in [1.165, 1.54) is 0 Å². The molecule has 1 saturated carbocycles. The maximum atomic E-state index is 13.9. The van der Waals surface area contributed by atoms with Gasteiger partial charge in [0.05, 0.1) is 30.2 Å². The van der Waals surface area contributed by atoms with E-state index in [9.17, 15) is 22.8 Å².